The van der Waals surface area contributed by atoms with Gasteiger partial charge < -0.3 is 19.5 Å². The van der Waals surface area contributed by atoms with Crippen molar-refractivity contribution in [2.24, 2.45) is 0 Å². The molecule has 34 heavy (non-hydrogen) atoms. The Labute approximate surface area is 193 Å². The van der Waals surface area contributed by atoms with Crippen molar-refractivity contribution in [1.82, 2.24) is 4.57 Å². The van der Waals surface area contributed by atoms with Gasteiger partial charge in [0, 0.05) is 27.7 Å². The predicted molar refractivity (Wildman–Crippen MR) is 122 cm³/mol. The fourth-order valence-corrected chi connectivity index (χ4v) is 4.22. The fraction of sp³-hybridized carbons (Fsp3) is 0.192. The molecule has 0 aliphatic heterocycles. The van der Waals surface area contributed by atoms with Crippen molar-refractivity contribution in [2.45, 2.75) is 25.9 Å². The molecule has 3 aromatic carbocycles. The van der Waals surface area contributed by atoms with Crippen molar-refractivity contribution in [3.63, 3.8) is 0 Å². The number of rotatable bonds is 7. The Balaban J connectivity index is 2.10. The van der Waals surface area contributed by atoms with Gasteiger partial charge in [0.25, 0.3) is 0 Å². The van der Waals surface area contributed by atoms with E-state index in [0.29, 0.717) is 33.4 Å². The molecule has 176 valence electrons. The first-order valence-electron chi connectivity index (χ1n) is 10.5. The van der Waals surface area contributed by atoms with E-state index in [4.69, 9.17) is 4.74 Å². The molecule has 0 fully saturated rings. The summed E-state index contributed by atoms with van der Waals surface area (Å²) in [6.45, 7) is 0.143. The number of ether oxygens (including phenoxy) is 1. The summed E-state index contributed by atoms with van der Waals surface area (Å²) in [6, 6.07) is 16.7. The molecule has 0 radical (unpaired) electrons. The summed E-state index contributed by atoms with van der Waals surface area (Å²) in [6.07, 6.45) is 0. The molecular weight excluding hydrogens is 447 g/mol. The molecule has 8 heteroatoms. The van der Waals surface area contributed by atoms with Crippen molar-refractivity contribution in [3.8, 4) is 22.6 Å². The van der Waals surface area contributed by atoms with Gasteiger partial charge in [0.15, 0.2) is 0 Å². The van der Waals surface area contributed by atoms with Crippen molar-refractivity contribution in [3.05, 3.63) is 83.8 Å². The third-order valence-electron chi connectivity index (χ3n) is 5.69. The minimum Gasteiger partial charge on any atom is -0.507 e. The Kier molecular flexibility index (Phi) is 6.10. The Hall–Kier alpha value is -3.78. The van der Waals surface area contributed by atoms with Gasteiger partial charge in [-0.1, -0.05) is 32.0 Å². The van der Waals surface area contributed by atoms with Crippen LogP contribution in [0.2, 0.25) is 0 Å². The maximum atomic E-state index is 13.7. The number of nitrogens with zero attached hydrogens (tertiary/aromatic N) is 1. The van der Waals surface area contributed by atoms with Crippen LogP contribution in [0.25, 0.3) is 27.7 Å². The number of carboxylic acid groups (broad SMARTS) is 1. The van der Waals surface area contributed by atoms with Crippen LogP contribution < -0.4 is 0 Å². The van der Waals surface area contributed by atoms with Gasteiger partial charge >= 0.3 is 12.6 Å². The molecule has 0 aliphatic rings. The van der Waals surface area contributed by atoms with Crippen LogP contribution in [0.5, 0.6) is 5.75 Å². The van der Waals surface area contributed by atoms with Crippen LogP contribution in [-0.4, -0.2) is 34.0 Å². The molecule has 2 N–H and O–H groups in total. The van der Waals surface area contributed by atoms with Crippen LogP contribution in [0.15, 0.2) is 66.7 Å². The Morgan fingerprint density at radius 1 is 1.03 bits per heavy atom. The smallest absolute Gasteiger partial charge is 0.345 e. The molecule has 1 heterocycles. The van der Waals surface area contributed by atoms with Gasteiger partial charge in [0.05, 0.1) is 17.7 Å². The number of hydrogen-bond donors (Lipinski definition) is 2. The van der Waals surface area contributed by atoms with E-state index in [1.165, 1.54) is 30.3 Å². The summed E-state index contributed by atoms with van der Waals surface area (Å²) in [5, 5.41) is 20.6. The summed E-state index contributed by atoms with van der Waals surface area (Å²) in [5.41, 5.74) is 1.87. The highest BCUT2D eigenvalue weighted by Gasteiger charge is 2.34. The SMILES string of the molecule is CC(C)(COC(F)F)c1c(-c2ccc(C(=O)O)cc2)c2c(O)cccc2n1-c1ccc(F)cc1. The molecule has 0 spiro atoms. The molecule has 4 rings (SSSR count). The molecule has 0 unspecified atom stereocenters. The summed E-state index contributed by atoms with van der Waals surface area (Å²) in [7, 11) is 0. The van der Waals surface area contributed by atoms with Crippen LogP contribution in [0.3, 0.4) is 0 Å². The van der Waals surface area contributed by atoms with E-state index in [0.717, 1.165) is 0 Å². The van der Waals surface area contributed by atoms with Crippen LogP contribution in [0.1, 0.15) is 29.9 Å². The number of hydrogen-bond acceptors (Lipinski definition) is 3. The molecule has 0 saturated carbocycles. The lowest BCUT2D eigenvalue weighted by Gasteiger charge is -2.28. The molecule has 5 nitrogen and oxygen atoms in total. The number of alkyl halides is 2. The first-order valence-corrected chi connectivity index (χ1v) is 10.5. The van der Waals surface area contributed by atoms with E-state index in [-0.39, 0.29) is 17.9 Å². The van der Waals surface area contributed by atoms with E-state index < -0.39 is 23.8 Å². The quantitative estimate of drug-likeness (QED) is 0.331. The number of fused-ring (bicyclic) bond motifs is 1. The summed E-state index contributed by atoms with van der Waals surface area (Å²) in [5.74, 6) is -1.56. The average molecular weight is 469 g/mol. The maximum Gasteiger partial charge on any atom is 0.345 e. The Morgan fingerprint density at radius 2 is 1.68 bits per heavy atom. The second-order valence-corrected chi connectivity index (χ2v) is 8.54. The van der Waals surface area contributed by atoms with E-state index >= 15 is 0 Å². The normalized spacial score (nSPS) is 11.9. The van der Waals surface area contributed by atoms with Gasteiger partial charge in [-0.15, -0.1) is 0 Å². The van der Waals surface area contributed by atoms with E-state index in [1.54, 1.807) is 54.8 Å². The zero-order valence-corrected chi connectivity index (χ0v) is 18.4. The van der Waals surface area contributed by atoms with Crippen LogP contribution >= 0.6 is 0 Å². The lowest BCUT2D eigenvalue weighted by atomic mass is 9.84. The van der Waals surface area contributed by atoms with Crippen LogP contribution in [0, 0.1) is 5.82 Å². The highest BCUT2D eigenvalue weighted by molar-refractivity contribution is 6.04. The first kappa shape index (κ1) is 23.4. The van der Waals surface area contributed by atoms with Crippen molar-refractivity contribution >= 4 is 16.9 Å². The average Bonchev–Trinajstić information content (AvgIpc) is 3.16. The van der Waals surface area contributed by atoms with Crippen molar-refractivity contribution in [1.29, 1.82) is 0 Å². The van der Waals surface area contributed by atoms with Gasteiger partial charge in [0.1, 0.15) is 11.6 Å². The summed E-state index contributed by atoms with van der Waals surface area (Å²) < 4.78 is 46.2. The lowest BCUT2D eigenvalue weighted by molar-refractivity contribution is -0.139. The van der Waals surface area contributed by atoms with E-state index in [9.17, 15) is 28.2 Å². The number of benzene rings is 3. The number of phenols is 1. The van der Waals surface area contributed by atoms with Crippen LogP contribution in [-0.2, 0) is 10.2 Å². The number of halogens is 3. The number of aromatic carboxylic acids is 1. The van der Waals surface area contributed by atoms with Gasteiger partial charge in [-0.2, -0.15) is 8.78 Å². The minimum atomic E-state index is -2.98. The second-order valence-electron chi connectivity index (χ2n) is 8.54. The number of carboxylic acids is 1. The monoisotopic (exact) mass is 469 g/mol. The molecule has 0 saturated heterocycles. The summed E-state index contributed by atoms with van der Waals surface area (Å²) in [4.78, 5) is 11.3. The number of aromatic hydroxyl groups is 1. The Morgan fingerprint density at radius 3 is 2.26 bits per heavy atom. The topological polar surface area (TPSA) is 71.7 Å². The molecule has 0 aliphatic carbocycles. The number of carbonyl (C=O) groups is 1. The van der Waals surface area contributed by atoms with Crippen molar-refractivity contribution in [2.75, 3.05) is 6.61 Å². The lowest BCUT2D eigenvalue weighted by Crippen LogP contribution is -2.29. The standard InChI is InChI=1S/C26H22F3NO4/c1-26(2,14-34-25(28)29)23-21(15-6-8-16(9-7-15)24(32)33)22-19(4-3-5-20(22)31)30(23)18-12-10-17(27)11-13-18/h3-13,25,31H,14H2,1-2H3,(H,32,33). The van der Waals surface area contributed by atoms with Gasteiger partial charge in [-0.3, -0.25) is 0 Å². The van der Waals surface area contributed by atoms with E-state index in [2.05, 4.69) is 0 Å². The van der Waals surface area contributed by atoms with Gasteiger partial charge in [-0.25, -0.2) is 9.18 Å². The molecule has 4 aromatic rings. The largest absolute Gasteiger partial charge is 0.507 e. The number of aromatic nitrogens is 1. The van der Waals surface area contributed by atoms with Crippen LogP contribution in [0.4, 0.5) is 13.2 Å². The maximum absolute atomic E-state index is 13.7. The molecule has 0 bridgehead atoms. The minimum absolute atomic E-state index is 0.0394. The van der Waals surface area contributed by atoms with Crippen molar-refractivity contribution < 1.29 is 32.9 Å². The van der Waals surface area contributed by atoms with Gasteiger partial charge in [-0.05, 0) is 54.1 Å². The molecular formula is C26H22F3NO4. The highest BCUT2D eigenvalue weighted by atomic mass is 19.3. The molecule has 0 atom stereocenters. The first-order chi connectivity index (χ1) is 16.1. The summed E-state index contributed by atoms with van der Waals surface area (Å²) >= 11 is 0. The highest BCUT2D eigenvalue weighted by Crippen LogP contribution is 2.46. The predicted octanol–water partition coefficient (Wildman–Crippen LogP) is 6.36. The van der Waals surface area contributed by atoms with Gasteiger partial charge in [0.2, 0.25) is 0 Å². The molecule has 1 aromatic heterocycles. The van der Waals surface area contributed by atoms with E-state index in [1.807, 2.05) is 0 Å². The zero-order chi connectivity index (χ0) is 24.6. The third kappa shape index (κ3) is 4.24. The zero-order valence-electron chi connectivity index (χ0n) is 18.4. The second kappa shape index (κ2) is 8.87. The number of phenolic OH excluding ortho intramolecular Hbond substituents is 1. The fourth-order valence-electron chi connectivity index (χ4n) is 4.22. The Bertz CT molecular complexity index is 1340. The third-order valence-corrected chi connectivity index (χ3v) is 5.69. The molecule has 0 amide bonds.